The molecule has 0 N–H and O–H groups in total. The molecule has 144 valence electrons. The third-order valence-corrected chi connectivity index (χ3v) is 7.46. The van der Waals surface area contributed by atoms with Crippen molar-refractivity contribution in [3.8, 4) is 5.75 Å². The SMILES string of the molecule is O=C(COc1cccc2ccccc12)N(C1CCCC1)[C@H]1CCS(=O)(=O)C1. The predicted octanol–water partition coefficient (Wildman–Crippen LogP) is 3.18. The van der Waals surface area contributed by atoms with Gasteiger partial charge in [-0.3, -0.25) is 4.79 Å². The second-order valence-electron chi connectivity index (χ2n) is 7.56. The second kappa shape index (κ2) is 7.50. The average Bonchev–Trinajstić information content (AvgIpc) is 3.30. The number of ether oxygens (including phenoxy) is 1. The first-order chi connectivity index (χ1) is 13.0. The minimum Gasteiger partial charge on any atom is -0.483 e. The number of hydrogen-bond acceptors (Lipinski definition) is 4. The van der Waals surface area contributed by atoms with Crippen molar-refractivity contribution in [1.82, 2.24) is 4.90 Å². The molecule has 0 bridgehead atoms. The van der Waals surface area contributed by atoms with Crippen LogP contribution in [0.5, 0.6) is 5.75 Å². The summed E-state index contributed by atoms with van der Waals surface area (Å²) >= 11 is 0. The number of amides is 1. The Morgan fingerprint density at radius 2 is 1.74 bits per heavy atom. The van der Waals surface area contributed by atoms with Crippen LogP contribution in [0.15, 0.2) is 42.5 Å². The molecule has 4 rings (SSSR count). The molecule has 0 aromatic heterocycles. The van der Waals surface area contributed by atoms with E-state index in [1.54, 1.807) is 0 Å². The largest absolute Gasteiger partial charge is 0.483 e. The Kier molecular flexibility index (Phi) is 5.08. The number of benzene rings is 2. The smallest absolute Gasteiger partial charge is 0.261 e. The molecule has 2 aromatic carbocycles. The monoisotopic (exact) mass is 387 g/mol. The number of hydrogen-bond donors (Lipinski definition) is 0. The van der Waals surface area contributed by atoms with Crippen LogP contribution in [0.2, 0.25) is 0 Å². The molecule has 1 saturated carbocycles. The van der Waals surface area contributed by atoms with Crippen LogP contribution in [0, 0.1) is 0 Å². The van der Waals surface area contributed by atoms with Crippen molar-refractivity contribution in [1.29, 1.82) is 0 Å². The van der Waals surface area contributed by atoms with Gasteiger partial charge in [0.25, 0.3) is 5.91 Å². The van der Waals surface area contributed by atoms with Crippen LogP contribution in [0.1, 0.15) is 32.1 Å². The predicted molar refractivity (Wildman–Crippen MR) is 106 cm³/mol. The lowest BCUT2D eigenvalue weighted by molar-refractivity contribution is -0.137. The molecule has 0 radical (unpaired) electrons. The van der Waals surface area contributed by atoms with Gasteiger partial charge in [0.05, 0.1) is 11.5 Å². The Morgan fingerprint density at radius 3 is 2.48 bits per heavy atom. The quantitative estimate of drug-likeness (QED) is 0.790. The molecule has 2 fully saturated rings. The molecule has 27 heavy (non-hydrogen) atoms. The van der Waals surface area contributed by atoms with Crippen LogP contribution in [0.3, 0.4) is 0 Å². The highest BCUT2D eigenvalue weighted by atomic mass is 32.2. The second-order valence-corrected chi connectivity index (χ2v) is 9.79. The van der Waals surface area contributed by atoms with E-state index >= 15 is 0 Å². The van der Waals surface area contributed by atoms with Crippen LogP contribution >= 0.6 is 0 Å². The van der Waals surface area contributed by atoms with Crippen molar-refractivity contribution < 1.29 is 17.9 Å². The average molecular weight is 388 g/mol. The zero-order valence-electron chi connectivity index (χ0n) is 15.3. The number of carbonyl (C=O) groups excluding carboxylic acids is 1. The number of sulfone groups is 1. The van der Waals surface area contributed by atoms with Crippen molar-refractivity contribution in [2.45, 2.75) is 44.2 Å². The Labute approximate surface area is 160 Å². The fourth-order valence-electron chi connectivity index (χ4n) is 4.42. The fourth-order valence-corrected chi connectivity index (χ4v) is 6.13. The first-order valence-corrected chi connectivity index (χ1v) is 11.5. The molecule has 1 heterocycles. The van der Waals surface area contributed by atoms with E-state index in [-0.39, 0.29) is 36.1 Å². The number of fused-ring (bicyclic) bond motifs is 1. The van der Waals surface area contributed by atoms with Gasteiger partial charge in [0.1, 0.15) is 5.75 Å². The van der Waals surface area contributed by atoms with Crippen LogP contribution < -0.4 is 4.74 Å². The molecule has 5 nitrogen and oxygen atoms in total. The minimum absolute atomic E-state index is 0.0545. The maximum Gasteiger partial charge on any atom is 0.261 e. The maximum absolute atomic E-state index is 13.0. The highest BCUT2D eigenvalue weighted by molar-refractivity contribution is 7.91. The summed E-state index contributed by atoms with van der Waals surface area (Å²) in [6.45, 7) is -0.0545. The third kappa shape index (κ3) is 3.95. The summed E-state index contributed by atoms with van der Waals surface area (Å²) in [5, 5.41) is 2.04. The molecular formula is C21H25NO4S. The van der Waals surface area contributed by atoms with Gasteiger partial charge in [0.15, 0.2) is 16.4 Å². The molecule has 1 aliphatic heterocycles. The van der Waals surface area contributed by atoms with Crippen LogP contribution in [-0.4, -0.2) is 49.4 Å². The lowest BCUT2D eigenvalue weighted by Crippen LogP contribution is -2.48. The first kappa shape index (κ1) is 18.3. The number of nitrogens with zero attached hydrogens (tertiary/aromatic N) is 1. The summed E-state index contributed by atoms with van der Waals surface area (Å²) in [6.07, 6.45) is 4.64. The van der Waals surface area contributed by atoms with Gasteiger partial charge in [-0.25, -0.2) is 8.42 Å². The number of rotatable bonds is 5. The van der Waals surface area contributed by atoms with Gasteiger partial charge in [-0.2, -0.15) is 0 Å². The number of carbonyl (C=O) groups is 1. The van der Waals surface area contributed by atoms with Crippen molar-refractivity contribution in [2.24, 2.45) is 0 Å². The van der Waals surface area contributed by atoms with Gasteiger partial charge in [0.2, 0.25) is 0 Å². The van der Waals surface area contributed by atoms with Crippen LogP contribution in [0.4, 0.5) is 0 Å². The van der Waals surface area contributed by atoms with Gasteiger partial charge in [-0.1, -0.05) is 49.2 Å². The van der Waals surface area contributed by atoms with E-state index < -0.39 is 9.84 Å². The van der Waals surface area contributed by atoms with E-state index in [1.165, 1.54) is 0 Å². The van der Waals surface area contributed by atoms with Crippen molar-refractivity contribution >= 4 is 26.5 Å². The fraction of sp³-hybridized carbons (Fsp3) is 0.476. The van der Waals surface area contributed by atoms with Crippen LogP contribution in [-0.2, 0) is 14.6 Å². The summed E-state index contributed by atoms with van der Waals surface area (Å²) in [5.74, 6) is 0.853. The van der Waals surface area contributed by atoms with E-state index in [1.807, 2.05) is 47.4 Å². The molecule has 2 aliphatic rings. The molecule has 0 unspecified atom stereocenters. The van der Waals surface area contributed by atoms with E-state index in [2.05, 4.69) is 0 Å². The Bertz CT molecular complexity index is 929. The zero-order valence-corrected chi connectivity index (χ0v) is 16.2. The zero-order chi connectivity index (χ0) is 18.9. The van der Waals surface area contributed by atoms with E-state index in [0.29, 0.717) is 12.2 Å². The molecule has 1 amide bonds. The molecule has 1 aliphatic carbocycles. The molecule has 0 spiro atoms. The molecular weight excluding hydrogens is 362 g/mol. The van der Waals surface area contributed by atoms with Gasteiger partial charge < -0.3 is 9.64 Å². The third-order valence-electron chi connectivity index (χ3n) is 5.71. The van der Waals surface area contributed by atoms with Crippen molar-refractivity contribution in [2.75, 3.05) is 18.1 Å². The van der Waals surface area contributed by atoms with E-state index in [9.17, 15) is 13.2 Å². The molecule has 1 atom stereocenters. The topological polar surface area (TPSA) is 63.7 Å². The van der Waals surface area contributed by atoms with E-state index in [0.717, 1.165) is 36.5 Å². The molecule has 6 heteroatoms. The highest BCUT2D eigenvalue weighted by Gasteiger charge is 2.39. The Balaban J connectivity index is 1.51. The summed E-state index contributed by atoms with van der Waals surface area (Å²) < 4.78 is 29.8. The highest BCUT2D eigenvalue weighted by Crippen LogP contribution is 2.30. The standard InChI is InChI=1S/C21H25NO4S/c23-21(14-26-20-11-5-7-16-6-1-4-10-19(16)20)22(17-8-2-3-9-17)18-12-13-27(24,25)15-18/h1,4-7,10-11,17-18H,2-3,8-9,12-15H2/t18-/m0/s1. The molecule has 1 saturated heterocycles. The Hall–Kier alpha value is -2.08. The Morgan fingerprint density at radius 1 is 1.00 bits per heavy atom. The lowest BCUT2D eigenvalue weighted by atomic mass is 10.1. The normalized spacial score (nSPS) is 22.1. The summed E-state index contributed by atoms with van der Waals surface area (Å²) in [6, 6.07) is 13.7. The van der Waals surface area contributed by atoms with E-state index in [4.69, 9.17) is 4.74 Å². The van der Waals surface area contributed by atoms with Gasteiger partial charge in [-0.15, -0.1) is 0 Å². The van der Waals surface area contributed by atoms with Gasteiger partial charge >= 0.3 is 0 Å². The van der Waals surface area contributed by atoms with Crippen LogP contribution in [0.25, 0.3) is 10.8 Å². The summed E-state index contributed by atoms with van der Waals surface area (Å²) in [4.78, 5) is 14.9. The minimum atomic E-state index is -3.03. The van der Waals surface area contributed by atoms with Crippen molar-refractivity contribution in [3.05, 3.63) is 42.5 Å². The maximum atomic E-state index is 13.0. The van der Waals surface area contributed by atoms with Gasteiger partial charge in [0, 0.05) is 17.5 Å². The molecule has 2 aromatic rings. The summed E-state index contributed by atoms with van der Waals surface area (Å²) in [7, 11) is -3.03. The lowest BCUT2D eigenvalue weighted by Gasteiger charge is -2.34. The van der Waals surface area contributed by atoms with Gasteiger partial charge in [-0.05, 0) is 30.7 Å². The summed E-state index contributed by atoms with van der Waals surface area (Å²) in [5.41, 5.74) is 0. The van der Waals surface area contributed by atoms with Crippen molar-refractivity contribution in [3.63, 3.8) is 0 Å². The first-order valence-electron chi connectivity index (χ1n) is 9.66.